The van der Waals surface area contributed by atoms with Gasteiger partial charge in [-0.15, -0.1) is 0 Å². The molecule has 0 aromatic carbocycles. The van der Waals surface area contributed by atoms with Crippen molar-refractivity contribution in [2.45, 2.75) is 52.1 Å². The average Bonchev–Trinajstić information content (AvgIpc) is 3.07. The third kappa shape index (κ3) is 3.21. The molecule has 1 atom stereocenters. The van der Waals surface area contributed by atoms with Crippen LogP contribution in [-0.4, -0.2) is 16.6 Å². The molecule has 0 N–H and O–H groups in total. The fourth-order valence-electron chi connectivity index (χ4n) is 1.95. The van der Waals surface area contributed by atoms with Crippen LogP contribution in [0.5, 0.6) is 0 Å². The topological polar surface area (TPSA) is 35.0 Å². The summed E-state index contributed by atoms with van der Waals surface area (Å²) in [6.45, 7) is 9.07. The van der Waals surface area contributed by atoms with Crippen LogP contribution >= 0.6 is 11.6 Å². The van der Waals surface area contributed by atoms with Crippen LogP contribution in [0.4, 0.5) is 0 Å². The molecule has 0 radical (unpaired) electrons. The summed E-state index contributed by atoms with van der Waals surface area (Å²) in [4.78, 5) is 9.02. The highest BCUT2D eigenvalue weighted by Gasteiger charge is 2.35. The molecule has 3 nitrogen and oxygen atoms in total. The van der Waals surface area contributed by atoms with E-state index in [2.05, 4.69) is 30.7 Å². The summed E-state index contributed by atoms with van der Waals surface area (Å²) in [5.74, 6) is 1.31. The van der Waals surface area contributed by atoms with E-state index in [0.29, 0.717) is 17.7 Å². The van der Waals surface area contributed by atoms with E-state index >= 15 is 0 Å². The molecule has 0 spiro atoms. The maximum atomic E-state index is 6.12. The van der Waals surface area contributed by atoms with Crippen molar-refractivity contribution in [3.63, 3.8) is 0 Å². The van der Waals surface area contributed by atoms with Gasteiger partial charge >= 0.3 is 0 Å². The zero-order valence-electron chi connectivity index (χ0n) is 11.5. The molecule has 1 aliphatic rings. The van der Waals surface area contributed by atoms with Crippen molar-refractivity contribution in [2.75, 3.05) is 6.61 Å². The molecule has 0 aliphatic heterocycles. The molecule has 1 aromatic rings. The summed E-state index contributed by atoms with van der Waals surface area (Å²) < 4.78 is 5.79. The Morgan fingerprint density at radius 3 is 2.56 bits per heavy atom. The summed E-state index contributed by atoms with van der Waals surface area (Å²) in [5, 5.41) is 0.510. The van der Waals surface area contributed by atoms with Crippen molar-refractivity contribution in [1.29, 1.82) is 0 Å². The molecule has 1 fully saturated rings. The number of nitrogens with zero attached hydrogens (tertiary/aromatic N) is 2. The van der Waals surface area contributed by atoms with Crippen molar-refractivity contribution in [2.24, 2.45) is 5.92 Å². The number of halogens is 1. The summed E-state index contributed by atoms with van der Waals surface area (Å²) in [5.41, 5.74) is 0.949. The highest BCUT2D eigenvalue weighted by Crippen LogP contribution is 2.42. The third-order valence-corrected chi connectivity index (χ3v) is 3.33. The molecule has 0 saturated heterocycles. The molecule has 1 heterocycles. The standard InChI is InChI=1S/C14H21ClN2O/c1-5-18-12(9-6-7-9)13-16-10(14(2,3)4)8-11(15)17-13/h8-9,12H,5-7H2,1-4H3. The van der Waals surface area contributed by atoms with Gasteiger partial charge in [0.15, 0.2) is 5.82 Å². The molecule has 1 saturated carbocycles. The number of aromatic nitrogens is 2. The lowest BCUT2D eigenvalue weighted by Gasteiger charge is -2.21. The quantitative estimate of drug-likeness (QED) is 0.777. The number of hydrogen-bond donors (Lipinski definition) is 0. The van der Waals surface area contributed by atoms with Gasteiger partial charge in [0.1, 0.15) is 11.3 Å². The lowest BCUT2D eigenvalue weighted by molar-refractivity contribution is 0.0397. The van der Waals surface area contributed by atoms with Crippen LogP contribution in [0.3, 0.4) is 0 Å². The normalized spacial score (nSPS) is 17.8. The number of ether oxygens (including phenoxy) is 1. The van der Waals surface area contributed by atoms with Gasteiger partial charge in [-0.05, 0) is 31.7 Å². The minimum absolute atomic E-state index is 0.00907. The number of rotatable bonds is 4. The molecular weight excluding hydrogens is 248 g/mol. The second-order valence-electron chi connectivity index (χ2n) is 5.90. The summed E-state index contributed by atoms with van der Waals surface area (Å²) in [7, 11) is 0. The second kappa shape index (κ2) is 5.14. The average molecular weight is 269 g/mol. The lowest BCUT2D eigenvalue weighted by atomic mass is 9.92. The van der Waals surface area contributed by atoms with E-state index in [1.165, 1.54) is 12.8 Å². The number of hydrogen-bond acceptors (Lipinski definition) is 3. The first-order chi connectivity index (χ1) is 8.41. The fourth-order valence-corrected chi connectivity index (χ4v) is 2.14. The van der Waals surface area contributed by atoms with E-state index < -0.39 is 0 Å². The first-order valence-corrected chi connectivity index (χ1v) is 6.96. The van der Waals surface area contributed by atoms with Gasteiger partial charge in [0.2, 0.25) is 0 Å². The maximum Gasteiger partial charge on any atom is 0.159 e. The van der Waals surface area contributed by atoms with Crippen molar-refractivity contribution >= 4 is 11.6 Å². The molecule has 100 valence electrons. The van der Waals surface area contributed by atoms with Gasteiger partial charge in [-0.1, -0.05) is 32.4 Å². The Labute approximate surface area is 114 Å². The van der Waals surface area contributed by atoms with Gasteiger partial charge in [-0.25, -0.2) is 9.97 Å². The van der Waals surface area contributed by atoms with Crippen LogP contribution in [0.25, 0.3) is 0 Å². The van der Waals surface area contributed by atoms with Crippen LogP contribution < -0.4 is 0 Å². The maximum absolute atomic E-state index is 6.12. The van der Waals surface area contributed by atoms with Crippen LogP contribution in [0.15, 0.2) is 6.07 Å². The van der Waals surface area contributed by atoms with Crippen LogP contribution in [0.1, 0.15) is 58.2 Å². The van der Waals surface area contributed by atoms with Gasteiger partial charge in [-0.2, -0.15) is 0 Å². The highest BCUT2D eigenvalue weighted by molar-refractivity contribution is 6.29. The molecule has 1 aromatic heterocycles. The monoisotopic (exact) mass is 268 g/mol. The first-order valence-electron chi connectivity index (χ1n) is 6.58. The van der Waals surface area contributed by atoms with Gasteiger partial charge in [-0.3, -0.25) is 0 Å². The van der Waals surface area contributed by atoms with Gasteiger partial charge in [0, 0.05) is 12.0 Å². The van der Waals surface area contributed by atoms with Crippen LogP contribution in [-0.2, 0) is 10.2 Å². The van der Waals surface area contributed by atoms with E-state index in [4.69, 9.17) is 16.3 Å². The van der Waals surface area contributed by atoms with E-state index in [9.17, 15) is 0 Å². The van der Waals surface area contributed by atoms with Crippen molar-refractivity contribution in [3.8, 4) is 0 Å². The van der Waals surface area contributed by atoms with E-state index in [1.54, 1.807) is 0 Å². The minimum Gasteiger partial charge on any atom is -0.370 e. The molecule has 1 aliphatic carbocycles. The Morgan fingerprint density at radius 1 is 1.39 bits per heavy atom. The molecule has 0 amide bonds. The molecule has 4 heteroatoms. The van der Waals surface area contributed by atoms with Gasteiger partial charge in [0.05, 0.1) is 5.69 Å². The van der Waals surface area contributed by atoms with Gasteiger partial charge < -0.3 is 4.74 Å². The second-order valence-corrected chi connectivity index (χ2v) is 6.28. The lowest BCUT2D eigenvalue weighted by Crippen LogP contribution is -2.18. The largest absolute Gasteiger partial charge is 0.370 e. The first kappa shape index (κ1) is 13.8. The molecule has 1 unspecified atom stereocenters. The molecule has 2 rings (SSSR count). The predicted molar refractivity (Wildman–Crippen MR) is 72.8 cm³/mol. The van der Waals surface area contributed by atoms with Gasteiger partial charge in [0.25, 0.3) is 0 Å². The Morgan fingerprint density at radius 2 is 2.06 bits per heavy atom. The van der Waals surface area contributed by atoms with Crippen LogP contribution in [0, 0.1) is 5.92 Å². The zero-order chi connectivity index (χ0) is 13.3. The van der Waals surface area contributed by atoms with E-state index in [1.807, 2.05) is 13.0 Å². The Bertz CT molecular complexity index is 424. The van der Waals surface area contributed by atoms with Crippen molar-refractivity contribution in [1.82, 2.24) is 9.97 Å². The zero-order valence-corrected chi connectivity index (χ0v) is 12.3. The molecular formula is C14H21ClN2O. The predicted octanol–water partition coefficient (Wildman–Crippen LogP) is 3.92. The Balaban J connectivity index is 2.34. The Hall–Kier alpha value is -0.670. The summed E-state index contributed by atoms with van der Waals surface area (Å²) in [6.07, 6.45) is 2.41. The van der Waals surface area contributed by atoms with Crippen molar-refractivity contribution in [3.05, 3.63) is 22.7 Å². The smallest absolute Gasteiger partial charge is 0.159 e. The fraction of sp³-hybridized carbons (Fsp3) is 0.714. The van der Waals surface area contributed by atoms with Crippen molar-refractivity contribution < 1.29 is 4.74 Å². The highest BCUT2D eigenvalue weighted by atomic mass is 35.5. The van der Waals surface area contributed by atoms with Crippen LogP contribution in [0.2, 0.25) is 5.15 Å². The minimum atomic E-state index is -0.0261. The molecule has 18 heavy (non-hydrogen) atoms. The summed E-state index contributed by atoms with van der Waals surface area (Å²) >= 11 is 6.12. The summed E-state index contributed by atoms with van der Waals surface area (Å²) in [6, 6.07) is 1.85. The molecule has 0 bridgehead atoms. The SMILES string of the molecule is CCOC(c1nc(Cl)cc(C(C)(C)C)n1)C1CC1. The third-order valence-electron chi connectivity index (χ3n) is 3.13. The van der Waals surface area contributed by atoms with E-state index in [-0.39, 0.29) is 11.5 Å². The van der Waals surface area contributed by atoms with E-state index in [0.717, 1.165) is 11.5 Å². The Kier molecular flexibility index (Phi) is 3.93.